The summed E-state index contributed by atoms with van der Waals surface area (Å²) >= 11 is 4.22. The number of aliphatic imine (C=N–C) groups is 1. The minimum Gasteiger partial charge on any atom is -0.358 e. The van der Waals surface area contributed by atoms with Gasteiger partial charge < -0.3 is 5.32 Å². The maximum atomic E-state index is 10.3. The van der Waals surface area contributed by atoms with E-state index < -0.39 is 0 Å². The third kappa shape index (κ3) is 3.46. The number of amides is 1. The molecular weight excluding hydrogens is 124 g/mol. The van der Waals surface area contributed by atoms with E-state index in [4.69, 9.17) is 0 Å². The zero-order valence-electron chi connectivity index (χ0n) is 4.47. The fraction of sp³-hybridized carbons (Fsp3) is 0.500. The molecule has 0 atom stereocenters. The Labute approximate surface area is 52.8 Å². The molecule has 0 spiro atoms. The maximum absolute atomic E-state index is 10.3. The highest BCUT2D eigenvalue weighted by molar-refractivity contribution is 7.78. The highest BCUT2D eigenvalue weighted by atomic mass is 32.1. The van der Waals surface area contributed by atoms with E-state index in [0.29, 0.717) is 0 Å². The highest BCUT2D eigenvalue weighted by Crippen LogP contribution is 1.64. The van der Waals surface area contributed by atoms with Crippen LogP contribution in [-0.4, -0.2) is 24.7 Å². The Kier molecular flexibility index (Phi) is 4.03. The van der Waals surface area contributed by atoms with Gasteiger partial charge in [-0.1, -0.05) is 0 Å². The summed E-state index contributed by atoms with van der Waals surface area (Å²) < 4.78 is 0. The van der Waals surface area contributed by atoms with Gasteiger partial charge in [0.1, 0.15) is 6.54 Å². The molecule has 4 heteroatoms. The van der Waals surface area contributed by atoms with E-state index in [-0.39, 0.29) is 12.5 Å². The van der Waals surface area contributed by atoms with Crippen LogP contribution in [0.2, 0.25) is 0 Å². The molecule has 1 N–H and O–H groups in total. The summed E-state index contributed by atoms with van der Waals surface area (Å²) in [7, 11) is 1.54. The number of rotatable bonds is 2. The largest absolute Gasteiger partial charge is 0.358 e. The third-order valence-electron chi connectivity index (χ3n) is 0.566. The molecule has 0 aliphatic rings. The molecule has 0 aromatic rings. The van der Waals surface area contributed by atoms with Crippen LogP contribution >= 0.6 is 12.2 Å². The standard InChI is InChI=1S/C4H6N2OS/c1-5-4(7)2-6-3-8/h2H2,1H3,(H,5,7). The Balaban J connectivity index is 3.39. The van der Waals surface area contributed by atoms with Gasteiger partial charge in [0.05, 0.1) is 5.16 Å². The molecule has 44 valence electrons. The quantitative estimate of drug-likeness (QED) is 0.416. The number of nitrogens with zero attached hydrogens (tertiary/aromatic N) is 1. The van der Waals surface area contributed by atoms with Crippen molar-refractivity contribution in [3.63, 3.8) is 0 Å². The number of thiocarbonyl (C=S) groups is 1. The topological polar surface area (TPSA) is 41.5 Å². The first kappa shape index (κ1) is 7.27. The molecule has 0 saturated carbocycles. The summed E-state index contributed by atoms with van der Waals surface area (Å²) in [6.07, 6.45) is 0. The summed E-state index contributed by atoms with van der Waals surface area (Å²) in [5.74, 6) is -0.151. The van der Waals surface area contributed by atoms with Crippen molar-refractivity contribution < 1.29 is 4.79 Å². The second-order valence-electron chi connectivity index (χ2n) is 1.08. The van der Waals surface area contributed by atoms with Crippen molar-refractivity contribution in [2.24, 2.45) is 4.99 Å². The molecule has 8 heavy (non-hydrogen) atoms. The van der Waals surface area contributed by atoms with Crippen molar-refractivity contribution >= 4 is 23.3 Å². The monoisotopic (exact) mass is 130 g/mol. The van der Waals surface area contributed by atoms with Crippen LogP contribution in [0.15, 0.2) is 4.99 Å². The van der Waals surface area contributed by atoms with Crippen LogP contribution in [0.1, 0.15) is 0 Å². The van der Waals surface area contributed by atoms with E-state index in [0.717, 1.165) is 0 Å². The summed E-state index contributed by atoms with van der Waals surface area (Å²) in [5, 5.41) is 4.46. The average Bonchev–Trinajstić information content (AvgIpc) is 1.83. The molecule has 0 unspecified atom stereocenters. The molecule has 0 aliphatic carbocycles. The SMILES string of the molecule is CNC(=O)CN=C=S. The molecule has 0 radical (unpaired) electrons. The molecular formula is C4H6N2OS. The predicted octanol–water partition coefficient (Wildman–Crippen LogP) is -0.165. The fourth-order valence-electron chi connectivity index (χ4n) is 0.183. The maximum Gasteiger partial charge on any atom is 0.242 e. The Morgan fingerprint density at radius 2 is 2.62 bits per heavy atom. The van der Waals surface area contributed by atoms with Gasteiger partial charge in [0.2, 0.25) is 5.91 Å². The van der Waals surface area contributed by atoms with Crippen molar-refractivity contribution in [1.82, 2.24) is 5.32 Å². The molecule has 0 bridgehead atoms. The van der Waals surface area contributed by atoms with Crippen LogP contribution in [0.25, 0.3) is 0 Å². The lowest BCUT2D eigenvalue weighted by atomic mass is 10.6. The van der Waals surface area contributed by atoms with Crippen LogP contribution in [-0.2, 0) is 4.79 Å². The lowest BCUT2D eigenvalue weighted by Crippen LogP contribution is -2.20. The van der Waals surface area contributed by atoms with Crippen molar-refractivity contribution in [3.8, 4) is 0 Å². The number of isothiocyanates is 1. The zero-order chi connectivity index (χ0) is 6.41. The third-order valence-corrected chi connectivity index (χ3v) is 0.695. The minimum absolute atomic E-state index is 0.0833. The van der Waals surface area contributed by atoms with Gasteiger partial charge in [0.15, 0.2) is 0 Å². The van der Waals surface area contributed by atoms with Crippen molar-refractivity contribution in [3.05, 3.63) is 0 Å². The van der Waals surface area contributed by atoms with Gasteiger partial charge in [0, 0.05) is 7.05 Å². The Morgan fingerprint density at radius 3 is 3.00 bits per heavy atom. The number of carbonyl (C=O) groups is 1. The molecule has 3 nitrogen and oxygen atoms in total. The Morgan fingerprint density at radius 1 is 2.00 bits per heavy atom. The highest BCUT2D eigenvalue weighted by Gasteiger charge is 1.89. The lowest BCUT2D eigenvalue weighted by Gasteiger charge is -1.87. The molecule has 1 amide bonds. The van der Waals surface area contributed by atoms with E-state index >= 15 is 0 Å². The molecule has 0 fully saturated rings. The Hall–Kier alpha value is -0.730. The summed E-state index contributed by atoms with van der Waals surface area (Å²) in [4.78, 5) is 13.7. The fourth-order valence-corrected chi connectivity index (χ4v) is 0.248. The number of carbonyl (C=O) groups excluding carboxylic acids is 1. The van der Waals surface area contributed by atoms with Crippen molar-refractivity contribution in [2.75, 3.05) is 13.6 Å². The summed E-state index contributed by atoms with van der Waals surface area (Å²) in [6.45, 7) is 0.0833. The van der Waals surface area contributed by atoms with Gasteiger partial charge >= 0.3 is 0 Å². The van der Waals surface area contributed by atoms with Gasteiger partial charge in [-0.15, -0.1) is 0 Å². The second-order valence-corrected chi connectivity index (χ2v) is 1.26. The molecule has 0 aromatic heterocycles. The van der Waals surface area contributed by atoms with Gasteiger partial charge in [-0.3, -0.25) is 4.79 Å². The van der Waals surface area contributed by atoms with Crippen LogP contribution in [0.5, 0.6) is 0 Å². The van der Waals surface area contributed by atoms with Gasteiger partial charge in [-0.05, 0) is 12.2 Å². The van der Waals surface area contributed by atoms with Gasteiger partial charge in [-0.2, -0.15) is 0 Å². The molecule has 0 heterocycles. The summed E-state index contributed by atoms with van der Waals surface area (Å²) in [5.41, 5.74) is 0. The van der Waals surface area contributed by atoms with Crippen molar-refractivity contribution in [2.45, 2.75) is 0 Å². The van der Waals surface area contributed by atoms with Gasteiger partial charge in [-0.25, -0.2) is 4.99 Å². The summed E-state index contributed by atoms with van der Waals surface area (Å²) in [6, 6.07) is 0. The first-order valence-corrected chi connectivity index (χ1v) is 2.46. The zero-order valence-corrected chi connectivity index (χ0v) is 5.29. The predicted molar refractivity (Wildman–Crippen MR) is 34.0 cm³/mol. The van der Waals surface area contributed by atoms with E-state index in [1.165, 1.54) is 0 Å². The minimum atomic E-state index is -0.151. The first-order valence-electron chi connectivity index (χ1n) is 2.05. The lowest BCUT2D eigenvalue weighted by molar-refractivity contribution is -0.119. The van der Waals surface area contributed by atoms with Crippen molar-refractivity contribution in [1.29, 1.82) is 0 Å². The normalized spacial score (nSPS) is 7.12. The molecule has 0 saturated heterocycles. The van der Waals surface area contributed by atoms with E-state index in [9.17, 15) is 4.79 Å². The van der Waals surface area contributed by atoms with Crippen LogP contribution < -0.4 is 5.32 Å². The number of likely N-dealkylation sites (N-methyl/N-ethyl adjacent to an activating group) is 1. The second kappa shape index (κ2) is 4.43. The average molecular weight is 130 g/mol. The molecule has 0 rings (SSSR count). The molecule has 0 aromatic carbocycles. The van der Waals surface area contributed by atoms with Gasteiger partial charge in [0.25, 0.3) is 0 Å². The first-order chi connectivity index (χ1) is 3.81. The van der Waals surface area contributed by atoms with Crippen LogP contribution in [0.4, 0.5) is 0 Å². The van der Waals surface area contributed by atoms with Crippen LogP contribution in [0.3, 0.4) is 0 Å². The number of nitrogens with one attached hydrogen (secondary N) is 1. The van der Waals surface area contributed by atoms with Crippen LogP contribution in [0, 0.1) is 0 Å². The molecule has 0 aliphatic heterocycles. The smallest absolute Gasteiger partial charge is 0.242 e. The van der Waals surface area contributed by atoms with E-state index in [2.05, 4.69) is 27.7 Å². The number of hydrogen-bond acceptors (Lipinski definition) is 3. The Bertz CT molecular complexity index is 128. The number of hydrogen-bond donors (Lipinski definition) is 1. The van der Waals surface area contributed by atoms with E-state index in [1.54, 1.807) is 7.05 Å². The van der Waals surface area contributed by atoms with E-state index in [1.807, 2.05) is 0 Å².